The van der Waals surface area contributed by atoms with Crippen molar-refractivity contribution in [1.29, 1.82) is 0 Å². The van der Waals surface area contributed by atoms with Crippen LogP contribution in [0, 0.1) is 5.92 Å². The summed E-state index contributed by atoms with van der Waals surface area (Å²) < 4.78 is 5.46. The van der Waals surface area contributed by atoms with E-state index in [1.807, 2.05) is 77.7 Å². The number of likely N-dealkylation sites (tertiary alicyclic amines) is 1. The average Bonchev–Trinajstić information content (AvgIpc) is 3.14. The summed E-state index contributed by atoms with van der Waals surface area (Å²) >= 11 is 6.46. The molecule has 160 valence electrons. The van der Waals surface area contributed by atoms with Crippen molar-refractivity contribution in [3.63, 3.8) is 0 Å². The van der Waals surface area contributed by atoms with Crippen LogP contribution < -0.4 is 4.74 Å². The lowest BCUT2D eigenvalue weighted by molar-refractivity contribution is 0.0568. The Bertz CT molecular complexity index is 1070. The van der Waals surface area contributed by atoms with E-state index in [0.29, 0.717) is 10.6 Å². The minimum absolute atomic E-state index is 0.0762. The number of nitrogens with zero attached hydrogens (tertiary/aromatic N) is 1. The summed E-state index contributed by atoms with van der Waals surface area (Å²) in [6.07, 6.45) is 0.764. The van der Waals surface area contributed by atoms with E-state index in [-0.39, 0.29) is 30.5 Å². The van der Waals surface area contributed by atoms with Crippen LogP contribution in [-0.2, 0) is 0 Å². The van der Waals surface area contributed by atoms with Crippen molar-refractivity contribution >= 4 is 17.5 Å². The minimum atomic E-state index is -0.248. The first-order valence-corrected chi connectivity index (χ1v) is 10.8. The van der Waals surface area contributed by atoms with E-state index < -0.39 is 0 Å². The van der Waals surface area contributed by atoms with Crippen LogP contribution in [0.25, 0.3) is 11.1 Å². The predicted octanol–water partition coefficient (Wildman–Crippen LogP) is 5.60. The summed E-state index contributed by atoms with van der Waals surface area (Å²) in [4.78, 5) is 15.4. The Morgan fingerprint density at radius 2 is 1.74 bits per heavy atom. The van der Waals surface area contributed by atoms with E-state index >= 15 is 0 Å². The second-order valence-electron chi connectivity index (χ2n) is 7.99. The molecule has 1 fully saturated rings. The fourth-order valence-corrected chi connectivity index (χ4v) is 4.80. The van der Waals surface area contributed by atoms with Gasteiger partial charge in [0, 0.05) is 16.1 Å². The van der Waals surface area contributed by atoms with Crippen LogP contribution in [0.4, 0.5) is 0 Å². The van der Waals surface area contributed by atoms with Crippen molar-refractivity contribution < 1.29 is 14.6 Å². The topological polar surface area (TPSA) is 49.8 Å². The number of aliphatic hydroxyl groups is 1. The van der Waals surface area contributed by atoms with Crippen LogP contribution in [-0.4, -0.2) is 35.7 Å². The number of ether oxygens (including phenoxy) is 1. The Kier molecular flexibility index (Phi) is 6.30. The van der Waals surface area contributed by atoms with E-state index in [4.69, 9.17) is 16.3 Å². The molecule has 1 amide bonds. The Morgan fingerprint density at radius 3 is 2.42 bits per heavy atom. The van der Waals surface area contributed by atoms with E-state index in [0.717, 1.165) is 28.9 Å². The fourth-order valence-electron chi connectivity index (χ4n) is 4.53. The smallest absolute Gasteiger partial charge is 0.254 e. The van der Waals surface area contributed by atoms with Crippen molar-refractivity contribution in [2.75, 3.05) is 13.7 Å². The standard InChI is InChI=1S/C26H26ClNO3/c1-17-15-23(21-8-3-5-9-22(21)27)28(24(17)16-29)26(30)19-13-11-18(12-14-19)20-7-4-6-10-25(20)31-2/h3-14,17,23-24,29H,15-16H2,1-2H3. The number of hydrogen-bond donors (Lipinski definition) is 1. The highest BCUT2D eigenvalue weighted by Crippen LogP contribution is 2.43. The number of carbonyl (C=O) groups is 1. The zero-order valence-corrected chi connectivity index (χ0v) is 18.4. The van der Waals surface area contributed by atoms with Gasteiger partial charge in [-0.25, -0.2) is 0 Å². The monoisotopic (exact) mass is 435 g/mol. The second kappa shape index (κ2) is 9.13. The van der Waals surface area contributed by atoms with E-state index in [9.17, 15) is 9.90 Å². The summed E-state index contributed by atoms with van der Waals surface area (Å²) in [5.74, 6) is 0.858. The second-order valence-corrected chi connectivity index (χ2v) is 8.40. The maximum absolute atomic E-state index is 13.6. The van der Waals surface area contributed by atoms with Crippen molar-refractivity contribution in [1.82, 2.24) is 4.90 Å². The van der Waals surface area contributed by atoms with E-state index in [1.165, 1.54) is 0 Å². The molecule has 3 unspecified atom stereocenters. The maximum Gasteiger partial charge on any atom is 0.254 e. The molecule has 3 atom stereocenters. The molecule has 0 aromatic heterocycles. The predicted molar refractivity (Wildman–Crippen MR) is 123 cm³/mol. The molecule has 4 rings (SSSR count). The largest absolute Gasteiger partial charge is 0.496 e. The number of aliphatic hydroxyl groups excluding tert-OH is 1. The van der Waals surface area contributed by atoms with E-state index in [1.54, 1.807) is 7.11 Å². The number of rotatable bonds is 5. The first-order chi connectivity index (χ1) is 15.0. The third kappa shape index (κ3) is 4.06. The van der Waals surface area contributed by atoms with Gasteiger partial charge < -0.3 is 14.7 Å². The van der Waals surface area contributed by atoms with Gasteiger partial charge in [-0.1, -0.05) is 67.1 Å². The van der Waals surface area contributed by atoms with Gasteiger partial charge in [-0.15, -0.1) is 0 Å². The van der Waals surface area contributed by atoms with Crippen molar-refractivity contribution in [3.05, 3.63) is 88.9 Å². The third-order valence-corrected chi connectivity index (χ3v) is 6.52. The van der Waals surface area contributed by atoms with Crippen LogP contribution in [0.2, 0.25) is 5.02 Å². The van der Waals surface area contributed by atoms with Crippen LogP contribution in [0.15, 0.2) is 72.8 Å². The van der Waals surface area contributed by atoms with Gasteiger partial charge >= 0.3 is 0 Å². The zero-order valence-electron chi connectivity index (χ0n) is 17.7. The lowest BCUT2D eigenvalue weighted by atomic mass is 9.98. The van der Waals surface area contributed by atoms with Crippen LogP contribution in [0.3, 0.4) is 0 Å². The average molecular weight is 436 g/mol. The lowest BCUT2D eigenvalue weighted by Crippen LogP contribution is -2.41. The molecule has 1 heterocycles. The Balaban J connectivity index is 1.67. The van der Waals surface area contributed by atoms with Crippen LogP contribution >= 0.6 is 11.6 Å². The highest BCUT2D eigenvalue weighted by atomic mass is 35.5. The molecule has 1 N–H and O–H groups in total. The van der Waals surface area contributed by atoms with Gasteiger partial charge in [0.2, 0.25) is 0 Å². The van der Waals surface area contributed by atoms with Crippen LogP contribution in [0.5, 0.6) is 5.75 Å². The van der Waals surface area contributed by atoms with Gasteiger partial charge in [-0.05, 0) is 47.7 Å². The summed E-state index contributed by atoms with van der Waals surface area (Å²) in [5, 5.41) is 10.7. The van der Waals surface area contributed by atoms with Crippen molar-refractivity contribution in [3.8, 4) is 16.9 Å². The molecule has 0 radical (unpaired) electrons. The summed E-state index contributed by atoms with van der Waals surface area (Å²) in [5.41, 5.74) is 3.46. The molecule has 3 aromatic rings. The third-order valence-electron chi connectivity index (χ3n) is 6.18. The van der Waals surface area contributed by atoms with Crippen molar-refractivity contribution in [2.45, 2.75) is 25.4 Å². The molecule has 0 spiro atoms. The molecule has 5 heteroatoms. The number of amides is 1. The Morgan fingerprint density at radius 1 is 1.06 bits per heavy atom. The molecular formula is C26H26ClNO3. The first kappa shape index (κ1) is 21.4. The molecule has 0 saturated carbocycles. The number of halogens is 1. The molecule has 1 aliphatic rings. The normalized spacial score (nSPS) is 20.6. The summed E-state index contributed by atoms with van der Waals surface area (Å²) in [6.45, 7) is 2.00. The first-order valence-electron chi connectivity index (χ1n) is 10.5. The number of benzene rings is 3. The molecule has 0 aliphatic carbocycles. The van der Waals surface area contributed by atoms with Crippen molar-refractivity contribution in [2.24, 2.45) is 5.92 Å². The SMILES string of the molecule is COc1ccccc1-c1ccc(C(=O)N2C(c3ccccc3Cl)CC(C)C2CO)cc1. The van der Waals surface area contributed by atoms with E-state index in [2.05, 4.69) is 6.92 Å². The summed E-state index contributed by atoms with van der Waals surface area (Å²) in [7, 11) is 1.65. The molecule has 4 nitrogen and oxygen atoms in total. The molecular weight excluding hydrogens is 410 g/mol. The number of methoxy groups -OCH3 is 1. The molecule has 0 bridgehead atoms. The molecule has 1 aliphatic heterocycles. The number of para-hydroxylation sites is 1. The van der Waals surface area contributed by atoms with Crippen LogP contribution in [0.1, 0.15) is 35.3 Å². The van der Waals surface area contributed by atoms with Gasteiger partial charge in [0.05, 0.1) is 25.8 Å². The maximum atomic E-state index is 13.6. The number of hydrogen-bond acceptors (Lipinski definition) is 3. The Labute approximate surface area is 188 Å². The van der Waals surface area contributed by atoms with Gasteiger partial charge in [-0.3, -0.25) is 4.79 Å². The summed E-state index contributed by atoms with van der Waals surface area (Å²) in [6, 6.07) is 22.6. The fraction of sp³-hybridized carbons (Fsp3) is 0.269. The minimum Gasteiger partial charge on any atom is -0.496 e. The molecule has 1 saturated heterocycles. The Hall–Kier alpha value is -2.82. The molecule has 31 heavy (non-hydrogen) atoms. The zero-order chi connectivity index (χ0) is 22.0. The van der Waals surface area contributed by atoms with Gasteiger partial charge in [0.25, 0.3) is 5.91 Å². The highest BCUT2D eigenvalue weighted by Gasteiger charge is 2.42. The highest BCUT2D eigenvalue weighted by molar-refractivity contribution is 6.31. The quantitative estimate of drug-likeness (QED) is 0.567. The van der Waals surface area contributed by atoms with Gasteiger partial charge in [0.1, 0.15) is 5.75 Å². The number of carbonyl (C=O) groups excluding carboxylic acids is 1. The van der Waals surface area contributed by atoms with Gasteiger partial charge in [-0.2, -0.15) is 0 Å². The van der Waals surface area contributed by atoms with Gasteiger partial charge in [0.15, 0.2) is 0 Å². The lowest BCUT2D eigenvalue weighted by Gasteiger charge is -2.31. The molecule has 3 aromatic carbocycles.